The van der Waals surface area contributed by atoms with E-state index in [-0.39, 0.29) is 25.0 Å². The predicted octanol–water partition coefficient (Wildman–Crippen LogP) is 0.0238. The molecule has 246 valence electrons. The molecule has 0 heterocycles. The van der Waals surface area contributed by atoms with Crippen LogP contribution in [0.2, 0.25) is 0 Å². The molecule has 0 saturated heterocycles. The van der Waals surface area contributed by atoms with Crippen molar-refractivity contribution >= 4 is 47.3 Å². The number of phenolic OH excluding ortho intramolecular Hbond substituents is 1. The molecule has 14 nitrogen and oxygen atoms in total. The van der Waals surface area contributed by atoms with Crippen LogP contribution in [0.15, 0.2) is 54.6 Å². The fourth-order valence-electron chi connectivity index (χ4n) is 3.75. The average Bonchev–Trinajstić information content (AvgIpc) is 2.98. The third kappa shape index (κ3) is 16.1. The van der Waals surface area contributed by atoms with Crippen LogP contribution in [0.5, 0.6) is 5.75 Å². The van der Waals surface area contributed by atoms with Crippen LogP contribution in [0.1, 0.15) is 31.4 Å². The van der Waals surface area contributed by atoms with E-state index < -0.39 is 66.3 Å². The normalized spacial score (nSPS) is 13.0. The van der Waals surface area contributed by atoms with Gasteiger partial charge < -0.3 is 42.3 Å². The number of rotatable bonds is 16. The van der Waals surface area contributed by atoms with Crippen molar-refractivity contribution < 1.29 is 44.1 Å². The average molecular weight is 648 g/mol. The molecule has 9 N–H and O–H groups in total. The van der Waals surface area contributed by atoms with Gasteiger partial charge >= 0.3 is 5.97 Å². The third-order valence-electron chi connectivity index (χ3n) is 6.06. The minimum atomic E-state index is -1.18. The summed E-state index contributed by atoms with van der Waals surface area (Å²) in [4.78, 5) is 71.2. The van der Waals surface area contributed by atoms with E-state index in [1.165, 1.54) is 30.8 Å². The molecule has 0 aliphatic heterocycles. The Kier molecular flexibility index (Phi) is 17.4. The molecule has 15 heteroatoms. The molecule has 0 saturated carbocycles. The highest BCUT2D eigenvalue weighted by Gasteiger charge is 2.27. The summed E-state index contributed by atoms with van der Waals surface area (Å²) < 4.78 is 0. The summed E-state index contributed by atoms with van der Waals surface area (Å²) in [5.74, 6) is -3.95. The standard InChI is InChI=1S/C28H37N5O7S.C2H4O2/c1-17(31-26(37)21(29)14-19-8-10-20(34)11-9-19)25(36)30-16-24(35)32-23(15-18-6-4-3-5-7-18)27(38)33-22(28(39)40)12-13-41-2;1-2(3)4/h3-11,17,21-23,34H,12-16,29H2,1-2H3,(H,30,36)(H,31,37)(H,32,35)(H,33,38)(H,39,40);1H3,(H,3,4)/t17-,21+,22+,23+;/m1./s1. The Morgan fingerprint density at radius 3 is 1.93 bits per heavy atom. The Labute approximate surface area is 265 Å². The van der Waals surface area contributed by atoms with Crippen LogP contribution in [0.25, 0.3) is 0 Å². The monoisotopic (exact) mass is 647 g/mol. The first-order valence-corrected chi connectivity index (χ1v) is 15.3. The summed E-state index contributed by atoms with van der Waals surface area (Å²) in [6, 6.07) is 11.0. The van der Waals surface area contributed by atoms with Gasteiger partial charge in [0.1, 0.15) is 23.9 Å². The first kappa shape index (κ1) is 38.4. The molecule has 0 bridgehead atoms. The van der Waals surface area contributed by atoms with E-state index in [0.717, 1.165) is 18.1 Å². The lowest BCUT2D eigenvalue weighted by molar-refractivity contribution is -0.142. The van der Waals surface area contributed by atoms with Crippen LogP contribution < -0.4 is 27.0 Å². The van der Waals surface area contributed by atoms with Gasteiger partial charge in [-0.25, -0.2) is 4.79 Å². The van der Waals surface area contributed by atoms with Gasteiger partial charge in [-0.1, -0.05) is 42.5 Å². The molecule has 4 amide bonds. The Morgan fingerprint density at radius 1 is 0.800 bits per heavy atom. The second-order valence-electron chi connectivity index (χ2n) is 9.93. The minimum absolute atomic E-state index is 0.0868. The summed E-state index contributed by atoms with van der Waals surface area (Å²) in [5.41, 5.74) is 7.41. The molecular weight excluding hydrogens is 606 g/mol. The van der Waals surface area contributed by atoms with E-state index in [9.17, 15) is 34.2 Å². The Hall–Kier alpha value is -4.63. The van der Waals surface area contributed by atoms with E-state index in [1.807, 2.05) is 6.26 Å². The largest absolute Gasteiger partial charge is 0.508 e. The maximum absolute atomic E-state index is 13.0. The fraction of sp³-hybridized carbons (Fsp3) is 0.400. The molecule has 4 atom stereocenters. The Bertz CT molecular complexity index is 1270. The Balaban J connectivity index is 0.00000238. The predicted molar refractivity (Wildman–Crippen MR) is 168 cm³/mol. The first-order valence-electron chi connectivity index (χ1n) is 13.9. The van der Waals surface area contributed by atoms with Crippen LogP contribution >= 0.6 is 11.8 Å². The molecule has 0 unspecified atom stereocenters. The van der Waals surface area contributed by atoms with Crippen molar-refractivity contribution in [2.45, 2.75) is 57.3 Å². The zero-order chi connectivity index (χ0) is 33.9. The summed E-state index contributed by atoms with van der Waals surface area (Å²) in [7, 11) is 0. The van der Waals surface area contributed by atoms with E-state index in [1.54, 1.807) is 42.5 Å². The van der Waals surface area contributed by atoms with E-state index >= 15 is 0 Å². The number of aliphatic carboxylic acids is 2. The molecule has 45 heavy (non-hydrogen) atoms. The second-order valence-corrected chi connectivity index (χ2v) is 10.9. The number of hydrogen-bond acceptors (Lipinski definition) is 9. The number of hydrogen-bond donors (Lipinski definition) is 8. The molecule has 2 aromatic rings. The number of carbonyl (C=O) groups is 6. The van der Waals surface area contributed by atoms with Gasteiger partial charge in [0.05, 0.1) is 12.6 Å². The molecule has 0 aliphatic carbocycles. The van der Waals surface area contributed by atoms with E-state index in [2.05, 4.69) is 21.3 Å². The van der Waals surface area contributed by atoms with Crippen LogP contribution in [-0.2, 0) is 41.6 Å². The van der Waals surface area contributed by atoms with Gasteiger partial charge in [0.25, 0.3) is 5.97 Å². The van der Waals surface area contributed by atoms with Gasteiger partial charge in [-0.05, 0) is 55.0 Å². The van der Waals surface area contributed by atoms with Gasteiger partial charge in [-0.3, -0.25) is 24.0 Å². The third-order valence-corrected chi connectivity index (χ3v) is 6.71. The highest BCUT2D eigenvalue weighted by atomic mass is 32.2. The number of amides is 4. The van der Waals surface area contributed by atoms with Gasteiger partial charge in [-0.2, -0.15) is 11.8 Å². The number of benzene rings is 2. The van der Waals surface area contributed by atoms with Crippen molar-refractivity contribution in [3.8, 4) is 5.75 Å². The second kappa shape index (κ2) is 20.3. The maximum Gasteiger partial charge on any atom is 0.326 e. The van der Waals surface area contributed by atoms with E-state index in [0.29, 0.717) is 5.75 Å². The van der Waals surface area contributed by atoms with Crippen LogP contribution in [-0.4, -0.2) is 93.6 Å². The molecule has 0 spiro atoms. The molecule has 2 rings (SSSR count). The van der Waals surface area contributed by atoms with Crippen LogP contribution in [0, 0.1) is 0 Å². The number of phenols is 1. The van der Waals surface area contributed by atoms with Crippen molar-refractivity contribution in [2.24, 2.45) is 5.73 Å². The smallest absolute Gasteiger partial charge is 0.326 e. The van der Waals surface area contributed by atoms with Gasteiger partial charge in [0.15, 0.2) is 0 Å². The minimum Gasteiger partial charge on any atom is -0.508 e. The molecular formula is C30H41N5O9S. The number of nitrogens with two attached hydrogens (primary N) is 1. The maximum atomic E-state index is 13.0. The molecule has 0 aliphatic rings. The first-order chi connectivity index (χ1) is 21.2. The molecule has 0 fully saturated rings. The van der Waals surface area contributed by atoms with Crippen molar-refractivity contribution in [1.29, 1.82) is 0 Å². The lowest BCUT2D eigenvalue weighted by Gasteiger charge is -2.22. The van der Waals surface area contributed by atoms with Crippen molar-refractivity contribution in [2.75, 3.05) is 18.6 Å². The molecule has 0 aromatic heterocycles. The zero-order valence-corrected chi connectivity index (χ0v) is 26.1. The summed E-state index contributed by atoms with van der Waals surface area (Å²) in [5, 5.41) is 36.2. The zero-order valence-electron chi connectivity index (χ0n) is 25.3. The molecule has 2 aromatic carbocycles. The number of carboxylic acid groups (broad SMARTS) is 2. The number of thioether (sulfide) groups is 1. The van der Waals surface area contributed by atoms with Gasteiger partial charge in [0.2, 0.25) is 23.6 Å². The summed E-state index contributed by atoms with van der Waals surface area (Å²) >= 11 is 1.45. The topological polar surface area (TPSA) is 237 Å². The van der Waals surface area contributed by atoms with Gasteiger partial charge in [-0.15, -0.1) is 0 Å². The number of carbonyl (C=O) groups excluding carboxylic acids is 4. The van der Waals surface area contributed by atoms with Crippen molar-refractivity contribution in [3.05, 3.63) is 65.7 Å². The lowest BCUT2D eigenvalue weighted by atomic mass is 10.0. The van der Waals surface area contributed by atoms with E-state index in [4.69, 9.17) is 15.6 Å². The quantitative estimate of drug-likeness (QED) is 0.121. The number of carboxylic acids is 2. The Morgan fingerprint density at radius 2 is 1.38 bits per heavy atom. The number of aromatic hydroxyl groups is 1. The van der Waals surface area contributed by atoms with Crippen molar-refractivity contribution in [3.63, 3.8) is 0 Å². The number of nitrogens with one attached hydrogen (secondary N) is 4. The highest BCUT2D eigenvalue weighted by molar-refractivity contribution is 7.98. The lowest BCUT2D eigenvalue weighted by Crippen LogP contribution is -2.55. The van der Waals surface area contributed by atoms with Crippen LogP contribution in [0.3, 0.4) is 0 Å². The SMILES string of the molecule is CC(=O)O.CSCC[C@H](NC(=O)[C@H](Cc1ccccc1)NC(=O)CNC(=O)[C@@H](C)NC(=O)[C@@H](N)Cc1ccc(O)cc1)C(=O)O. The molecule has 0 radical (unpaired) electrons. The summed E-state index contributed by atoms with van der Waals surface area (Å²) in [6.07, 6.45) is 2.33. The highest BCUT2D eigenvalue weighted by Crippen LogP contribution is 2.11. The van der Waals surface area contributed by atoms with Crippen molar-refractivity contribution in [1.82, 2.24) is 21.3 Å². The van der Waals surface area contributed by atoms with Gasteiger partial charge in [0, 0.05) is 13.3 Å². The van der Waals surface area contributed by atoms with Crippen LogP contribution in [0.4, 0.5) is 0 Å². The fourth-order valence-corrected chi connectivity index (χ4v) is 4.23. The summed E-state index contributed by atoms with van der Waals surface area (Å²) in [6.45, 7) is 2.04.